The van der Waals surface area contributed by atoms with Crippen molar-refractivity contribution in [2.24, 2.45) is 17.2 Å². The van der Waals surface area contributed by atoms with E-state index in [2.05, 4.69) is 12.5 Å². The zero-order valence-electron chi connectivity index (χ0n) is 34.9. The first-order valence-corrected chi connectivity index (χ1v) is 23.9. The topological polar surface area (TPSA) is 609 Å². The Labute approximate surface area is 392 Å². The lowest BCUT2D eigenvalue weighted by molar-refractivity contribution is -0.373. The summed E-state index contributed by atoms with van der Waals surface area (Å²) in [6.45, 7) is -3.73. The van der Waals surface area contributed by atoms with Crippen LogP contribution >= 0.6 is 0 Å². The molecule has 0 spiro atoms. The van der Waals surface area contributed by atoms with Gasteiger partial charge in [0.25, 0.3) is 0 Å². The minimum Gasteiger partial charge on any atom is -0.479 e. The first kappa shape index (κ1) is 58.6. The van der Waals surface area contributed by atoms with Crippen LogP contribution in [0, 0.1) is 0 Å². The Morgan fingerprint density at radius 2 is 0.871 bits per heavy atom. The van der Waals surface area contributed by atoms with Gasteiger partial charge < -0.3 is 116 Å². The standard InChI is InChI=1S/C30H51N3O34S3/c31-7-12(37)17(4(1-34)58-26(7)46)61-29-15(40)13(38)21(23(65-29)25(44)45)64-28-9(33)19(67-70(53,54)55)18(6(60-28)3-57-69(50,51)52)62-30-16(41)14(39)20(22(66-30)24(42)43)63-27-8(32)11(36)10(35)5(59-27)2-56-68(47,48)49/h4-23,26-30,34-41,46H,1-3,31-33H2,(H,42,43)(H,44,45)(H,47,48,49)(H,50,51,52)(H,53,54,55)/t4-,5-,6-,7-,8-,9-,10-,11-,12-,13-,14-,15-,16-,17-,18-,19-,20+,21+,22+,23-,26+,27-,28-,29-,30-/m1/s1. The van der Waals surface area contributed by atoms with Crippen molar-refractivity contribution in [2.75, 3.05) is 19.8 Å². The number of ether oxygens (including phenoxy) is 9. The number of rotatable bonds is 19. The van der Waals surface area contributed by atoms with Crippen LogP contribution in [0.5, 0.6) is 0 Å². The van der Waals surface area contributed by atoms with Gasteiger partial charge in [-0.15, -0.1) is 0 Å². The Balaban J connectivity index is 1.41. The van der Waals surface area contributed by atoms with Gasteiger partial charge in [0.1, 0.15) is 91.6 Å². The van der Waals surface area contributed by atoms with Gasteiger partial charge in [-0.2, -0.15) is 25.3 Å². The zero-order chi connectivity index (χ0) is 52.7. The second-order valence-electron chi connectivity index (χ2n) is 15.8. The number of nitrogens with two attached hydrogens (primary N) is 3. The normalized spacial score (nSPS) is 45.5. The summed E-state index contributed by atoms with van der Waals surface area (Å²) in [5.41, 5.74) is 17.7. The third kappa shape index (κ3) is 13.9. The minimum absolute atomic E-state index is 0.963. The van der Waals surface area contributed by atoms with Gasteiger partial charge in [0, 0.05) is 0 Å². The van der Waals surface area contributed by atoms with Crippen LogP contribution in [0.1, 0.15) is 0 Å². The van der Waals surface area contributed by atoms with E-state index in [1.807, 2.05) is 0 Å². The molecule has 70 heavy (non-hydrogen) atoms. The van der Waals surface area contributed by atoms with E-state index < -0.39 is 216 Å². The highest BCUT2D eigenvalue weighted by atomic mass is 32.3. The second kappa shape index (κ2) is 23.1. The molecule has 408 valence electrons. The fourth-order valence-corrected chi connectivity index (χ4v) is 8.75. The maximum absolute atomic E-state index is 12.5. The largest absolute Gasteiger partial charge is 0.479 e. The number of carboxylic acid groups (broad SMARTS) is 2. The van der Waals surface area contributed by atoms with Crippen LogP contribution in [0.15, 0.2) is 0 Å². The Morgan fingerprint density at radius 1 is 0.443 bits per heavy atom. The van der Waals surface area contributed by atoms with E-state index >= 15 is 0 Å². The molecule has 40 heteroatoms. The first-order chi connectivity index (χ1) is 32.2. The number of carbonyl (C=O) groups is 2. The SMILES string of the molecule is N[C@@H]1[C@@H](O)[C@H](O[C@@H]2O[C@@H](C(=O)O)[C@@H](O[C@H]3O[C@H](COS(=O)(=O)O)[C@@H](O[C@@H]4O[C@H](C(=O)O)[C@@H](O[C@H]5O[C@H](COS(=O)(=O)O)[C@@H](O)[C@H](O)[C@H]5N)[C@H](O)[C@H]4O)[C@H](OS(=O)(=O)O)[C@H]3N)[C@H](O)[C@H]2O)[C@@H](CO)O[C@@H]1O. The van der Waals surface area contributed by atoms with Crippen molar-refractivity contribution >= 4 is 43.1 Å². The van der Waals surface area contributed by atoms with Crippen molar-refractivity contribution in [3.8, 4) is 0 Å². The number of aliphatic hydroxyl groups is 9. The van der Waals surface area contributed by atoms with Crippen molar-refractivity contribution in [1.29, 1.82) is 0 Å². The molecule has 0 aromatic rings. The first-order valence-electron chi connectivity index (χ1n) is 19.8. The summed E-state index contributed by atoms with van der Waals surface area (Å²) in [6.07, 6.45) is -49.9. The summed E-state index contributed by atoms with van der Waals surface area (Å²) in [5, 5.41) is 116. The van der Waals surface area contributed by atoms with Crippen LogP contribution in [0.2, 0.25) is 0 Å². The number of hydrogen-bond donors (Lipinski definition) is 17. The molecule has 5 saturated heterocycles. The van der Waals surface area contributed by atoms with Crippen molar-refractivity contribution in [3.05, 3.63) is 0 Å². The molecule has 0 saturated carbocycles. The highest BCUT2D eigenvalue weighted by Crippen LogP contribution is 2.36. The molecular weight excluding hydrogens is 1040 g/mol. The molecule has 37 nitrogen and oxygen atoms in total. The molecule has 0 unspecified atom stereocenters. The second-order valence-corrected chi connectivity index (χ2v) is 19.1. The van der Waals surface area contributed by atoms with Gasteiger partial charge in [-0.25, -0.2) is 22.1 Å². The fraction of sp³-hybridized carbons (Fsp3) is 0.933. The van der Waals surface area contributed by atoms with Crippen LogP contribution in [0.3, 0.4) is 0 Å². The van der Waals surface area contributed by atoms with E-state index in [0.717, 1.165) is 0 Å². The van der Waals surface area contributed by atoms with Gasteiger partial charge in [0.15, 0.2) is 43.7 Å². The highest BCUT2D eigenvalue weighted by molar-refractivity contribution is 7.81. The van der Waals surface area contributed by atoms with Gasteiger partial charge in [-0.3, -0.25) is 13.7 Å². The lowest BCUT2D eigenvalue weighted by atomic mass is 9.94. The number of aliphatic carboxylic acids is 2. The van der Waals surface area contributed by atoms with Gasteiger partial charge >= 0.3 is 43.1 Å². The van der Waals surface area contributed by atoms with E-state index in [1.165, 1.54) is 0 Å². The molecule has 0 aromatic heterocycles. The molecule has 0 radical (unpaired) electrons. The molecule has 0 aliphatic carbocycles. The summed E-state index contributed by atoms with van der Waals surface area (Å²) < 4.78 is 160. The summed E-state index contributed by atoms with van der Waals surface area (Å²) >= 11 is 0. The van der Waals surface area contributed by atoms with E-state index in [9.17, 15) is 100 Å². The van der Waals surface area contributed by atoms with E-state index in [1.54, 1.807) is 0 Å². The third-order valence-corrected chi connectivity index (χ3v) is 12.4. The Bertz CT molecular complexity index is 2130. The number of carboxylic acids is 2. The quantitative estimate of drug-likeness (QED) is 0.0534. The molecule has 5 heterocycles. The lowest BCUT2D eigenvalue weighted by Crippen LogP contribution is -2.70. The van der Waals surface area contributed by atoms with Gasteiger partial charge in [-0.1, -0.05) is 0 Å². The van der Waals surface area contributed by atoms with Crippen LogP contribution in [0.4, 0.5) is 0 Å². The van der Waals surface area contributed by atoms with Gasteiger partial charge in [0.2, 0.25) is 0 Å². The Kier molecular flexibility index (Phi) is 19.3. The average molecular weight is 1090 g/mol. The van der Waals surface area contributed by atoms with Crippen LogP contribution in [-0.4, -0.2) is 280 Å². The summed E-state index contributed by atoms with van der Waals surface area (Å²) in [7, 11) is -16.5. The van der Waals surface area contributed by atoms with Crippen molar-refractivity contribution in [3.63, 3.8) is 0 Å². The maximum Gasteiger partial charge on any atom is 0.397 e. The van der Waals surface area contributed by atoms with Crippen molar-refractivity contribution in [2.45, 2.75) is 153 Å². The third-order valence-electron chi connectivity index (χ3n) is 11.1. The van der Waals surface area contributed by atoms with Gasteiger partial charge in [0.05, 0.1) is 37.9 Å². The predicted molar refractivity (Wildman–Crippen MR) is 205 cm³/mol. The van der Waals surface area contributed by atoms with Crippen LogP contribution < -0.4 is 17.2 Å². The molecule has 5 aliphatic heterocycles. The number of aliphatic hydroxyl groups excluding tert-OH is 9. The fourth-order valence-electron chi connectivity index (χ4n) is 7.62. The summed E-state index contributed by atoms with van der Waals surface area (Å²) in [5.74, 6) is -4.09. The predicted octanol–water partition coefficient (Wildman–Crippen LogP) is -12.4. The van der Waals surface area contributed by atoms with Crippen molar-refractivity contribution < 1.29 is 160 Å². The molecule has 25 atom stereocenters. The van der Waals surface area contributed by atoms with E-state index in [4.69, 9.17) is 64.4 Å². The minimum atomic E-state index is -5.81. The molecule has 0 aromatic carbocycles. The van der Waals surface area contributed by atoms with Crippen LogP contribution in [-0.2, 0) is 96.0 Å². The Hall–Kier alpha value is -2.29. The number of hydrogen-bond acceptors (Lipinski definition) is 32. The molecular formula is C30H51N3O34S3. The average Bonchev–Trinajstić information content (AvgIpc) is 3.25. The monoisotopic (exact) mass is 1090 g/mol. The molecule has 0 bridgehead atoms. The van der Waals surface area contributed by atoms with E-state index in [-0.39, 0.29) is 0 Å². The lowest BCUT2D eigenvalue weighted by Gasteiger charge is -2.49. The molecule has 5 aliphatic rings. The molecule has 20 N–H and O–H groups in total. The molecule has 5 fully saturated rings. The molecule has 5 rings (SSSR count). The highest BCUT2D eigenvalue weighted by Gasteiger charge is 2.59. The zero-order valence-corrected chi connectivity index (χ0v) is 37.4. The summed E-state index contributed by atoms with van der Waals surface area (Å²) in [4.78, 5) is 25.0. The molecule has 0 amide bonds. The van der Waals surface area contributed by atoms with Gasteiger partial charge in [-0.05, 0) is 0 Å². The smallest absolute Gasteiger partial charge is 0.397 e. The van der Waals surface area contributed by atoms with Crippen LogP contribution in [0.25, 0.3) is 0 Å². The van der Waals surface area contributed by atoms with E-state index in [0.29, 0.717) is 0 Å². The summed E-state index contributed by atoms with van der Waals surface area (Å²) in [6, 6.07) is -5.79. The Morgan fingerprint density at radius 3 is 1.31 bits per heavy atom. The van der Waals surface area contributed by atoms with Crippen molar-refractivity contribution in [1.82, 2.24) is 0 Å². The maximum atomic E-state index is 12.5.